The number of nitrogens with one attached hydrogen (secondary N) is 1. The molecule has 0 spiro atoms. The summed E-state index contributed by atoms with van der Waals surface area (Å²) in [6, 6.07) is 6.00. The van der Waals surface area contributed by atoms with Crippen molar-refractivity contribution in [3.63, 3.8) is 0 Å². The normalized spacial score (nSPS) is 15.3. The minimum Gasteiger partial charge on any atom is -0.338 e. The third-order valence-electron chi connectivity index (χ3n) is 3.72. The first-order valence-corrected chi connectivity index (χ1v) is 7.75. The second-order valence-corrected chi connectivity index (χ2v) is 5.79. The van der Waals surface area contributed by atoms with E-state index in [4.69, 9.17) is 11.6 Å². The van der Waals surface area contributed by atoms with E-state index < -0.39 is 4.92 Å². The number of anilines is 3. The molecular formula is C14H16ClN7O2. The molecule has 9 nitrogen and oxygen atoms in total. The van der Waals surface area contributed by atoms with Gasteiger partial charge < -0.3 is 15.1 Å². The SMILES string of the molecule is CN1CCN(c2nc(Cl)nc(Nc3ccc([N+](=O)[O-])cc3)n2)CC1. The lowest BCUT2D eigenvalue weighted by Gasteiger charge is -2.32. The van der Waals surface area contributed by atoms with Crippen LogP contribution in [0.3, 0.4) is 0 Å². The van der Waals surface area contributed by atoms with Crippen molar-refractivity contribution in [2.45, 2.75) is 0 Å². The van der Waals surface area contributed by atoms with Gasteiger partial charge in [-0.3, -0.25) is 10.1 Å². The third-order valence-corrected chi connectivity index (χ3v) is 3.89. The number of rotatable bonds is 4. The van der Waals surface area contributed by atoms with Crippen molar-refractivity contribution in [1.29, 1.82) is 0 Å². The Morgan fingerprint density at radius 3 is 2.42 bits per heavy atom. The second-order valence-electron chi connectivity index (χ2n) is 5.45. The minimum absolute atomic E-state index is 0.0207. The second kappa shape index (κ2) is 6.93. The highest BCUT2D eigenvalue weighted by molar-refractivity contribution is 6.28. The van der Waals surface area contributed by atoms with Crippen LogP contribution in [0.2, 0.25) is 5.28 Å². The van der Waals surface area contributed by atoms with E-state index in [1.165, 1.54) is 12.1 Å². The van der Waals surface area contributed by atoms with Gasteiger partial charge in [-0.25, -0.2) is 0 Å². The van der Waals surface area contributed by atoms with Crippen LogP contribution in [0.15, 0.2) is 24.3 Å². The summed E-state index contributed by atoms with van der Waals surface area (Å²) >= 11 is 6.00. The van der Waals surface area contributed by atoms with E-state index in [9.17, 15) is 10.1 Å². The van der Waals surface area contributed by atoms with Crippen molar-refractivity contribution in [1.82, 2.24) is 19.9 Å². The number of hydrogen-bond acceptors (Lipinski definition) is 8. The van der Waals surface area contributed by atoms with Gasteiger partial charge >= 0.3 is 0 Å². The van der Waals surface area contributed by atoms with Gasteiger partial charge in [0.05, 0.1) is 4.92 Å². The molecule has 0 radical (unpaired) electrons. The summed E-state index contributed by atoms with van der Waals surface area (Å²) in [5.74, 6) is 0.824. The molecule has 0 bridgehead atoms. The highest BCUT2D eigenvalue weighted by atomic mass is 35.5. The number of nitro groups is 1. The molecule has 10 heteroatoms. The molecule has 0 aliphatic carbocycles. The van der Waals surface area contributed by atoms with E-state index >= 15 is 0 Å². The number of halogens is 1. The topological polar surface area (TPSA) is 100 Å². The molecule has 1 aliphatic rings. The highest BCUT2D eigenvalue weighted by Crippen LogP contribution is 2.20. The van der Waals surface area contributed by atoms with E-state index in [-0.39, 0.29) is 11.0 Å². The average Bonchev–Trinajstić information content (AvgIpc) is 2.55. The predicted octanol–water partition coefficient (Wildman–Crippen LogP) is 1.93. The number of nitrogens with zero attached hydrogens (tertiary/aromatic N) is 6. The van der Waals surface area contributed by atoms with Crippen LogP contribution < -0.4 is 10.2 Å². The maximum Gasteiger partial charge on any atom is 0.269 e. The highest BCUT2D eigenvalue weighted by Gasteiger charge is 2.18. The Morgan fingerprint density at radius 2 is 1.79 bits per heavy atom. The molecular weight excluding hydrogens is 334 g/mol. The Bertz CT molecular complexity index is 732. The summed E-state index contributed by atoms with van der Waals surface area (Å²) in [5, 5.41) is 13.8. The van der Waals surface area contributed by atoms with Crippen molar-refractivity contribution >= 4 is 34.9 Å². The fraction of sp³-hybridized carbons (Fsp3) is 0.357. The molecule has 1 N–H and O–H groups in total. The summed E-state index contributed by atoms with van der Waals surface area (Å²) in [4.78, 5) is 27.1. The molecule has 1 aromatic heterocycles. The number of aromatic nitrogens is 3. The Hall–Kier alpha value is -2.52. The third kappa shape index (κ3) is 3.87. The Labute approximate surface area is 143 Å². The lowest BCUT2D eigenvalue weighted by molar-refractivity contribution is -0.384. The van der Waals surface area contributed by atoms with Crippen LogP contribution in [0.25, 0.3) is 0 Å². The minimum atomic E-state index is -0.449. The van der Waals surface area contributed by atoms with Crippen LogP contribution in [0.1, 0.15) is 0 Å². The molecule has 24 heavy (non-hydrogen) atoms. The molecule has 0 atom stereocenters. The van der Waals surface area contributed by atoms with Gasteiger partial charge in [0.1, 0.15) is 0 Å². The Morgan fingerprint density at radius 1 is 1.12 bits per heavy atom. The van der Waals surface area contributed by atoms with Gasteiger partial charge in [-0.2, -0.15) is 15.0 Å². The number of benzene rings is 1. The lowest BCUT2D eigenvalue weighted by Crippen LogP contribution is -2.45. The number of non-ortho nitro benzene ring substituents is 1. The number of nitro benzene ring substituents is 1. The van der Waals surface area contributed by atoms with Gasteiger partial charge in [-0.05, 0) is 30.8 Å². The van der Waals surface area contributed by atoms with E-state index in [2.05, 4.69) is 37.1 Å². The fourth-order valence-corrected chi connectivity index (χ4v) is 2.49. The molecule has 0 saturated carbocycles. The zero-order valence-corrected chi connectivity index (χ0v) is 13.8. The zero-order chi connectivity index (χ0) is 17.1. The molecule has 1 aromatic carbocycles. The Balaban J connectivity index is 1.77. The van der Waals surface area contributed by atoms with E-state index in [0.717, 1.165) is 26.2 Å². The molecule has 0 unspecified atom stereocenters. The summed E-state index contributed by atoms with van der Waals surface area (Å²) in [5.41, 5.74) is 0.652. The first-order valence-electron chi connectivity index (χ1n) is 7.38. The maximum atomic E-state index is 10.7. The average molecular weight is 350 g/mol. The zero-order valence-electron chi connectivity index (χ0n) is 13.0. The summed E-state index contributed by atoms with van der Waals surface area (Å²) in [7, 11) is 2.07. The molecule has 1 fully saturated rings. The molecule has 1 aliphatic heterocycles. The van der Waals surface area contributed by atoms with Gasteiger partial charge in [-0.1, -0.05) is 0 Å². The van der Waals surface area contributed by atoms with Crippen molar-refractivity contribution in [3.8, 4) is 0 Å². The number of likely N-dealkylation sites (N-methyl/N-ethyl adjacent to an activating group) is 1. The van der Waals surface area contributed by atoms with Gasteiger partial charge in [0, 0.05) is 44.0 Å². The van der Waals surface area contributed by atoms with Crippen LogP contribution in [0.4, 0.5) is 23.3 Å². The molecule has 2 heterocycles. The van der Waals surface area contributed by atoms with Crippen LogP contribution in [-0.4, -0.2) is 58.0 Å². The quantitative estimate of drug-likeness (QED) is 0.660. The first kappa shape index (κ1) is 16.3. The van der Waals surface area contributed by atoms with Crippen molar-refractivity contribution in [3.05, 3.63) is 39.7 Å². The maximum absolute atomic E-state index is 10.7. The summed E-state index contributed by atoms with van der Waals surface area (Å²) in [6.45, 7) is 3.48. The number of piperazine rings is 1. The van der Waals surface area contributed by atoms with Crippen molar-refractivity contribution < 1.29 is 4.92 Å². The fourth-order valence-electron chi connectivity index (χ4n) is 2.34. The van der Waals surface area contributed by atoms with Crippen molar-refractivity contribution in [2.75, 3.05) is 43.4 Å². The largest absolute Gasteiger partial charge is 0.338 e. The van der Waals surface area contributed by atoms with E-state index in [0.29, 0.717) is 17.6 Å². The molecule has 0 amide bonds. The van der Waals surface area contributed by atoms with Crippen LogP contribution in [0, 0.1) is 10.1 Å². The summed E-state index contributed by atoms with van der Waals surface area (Å²) < 4.78 is 0. The van der Waals surface area contributed by atoms with Crippen LogP contribution in [-0.2, 0) is 0 Å². The van der Waals surface area contributed by atoms with Gasteiger partial charge in [-0.15, -0.1) is 0 Å². The molecule has 3 rings (SSSR count). The van der Waals surface area contributed by atoms with Crippen LogP contribution >= 0.6 is 11.6 Å². The monoisotopic (exact) mass is 349 g/mol. The van der Waals surface area contributed by atoms with Gasteiger partial charge in [0.2, 0.25) is 17.2 Å². The smallest absolute Gasteiger partial charge is 0.269 e. The van der Waals surface area contributed by atoms with Gasteiger partial charge in [0.25, 0.3) is 5.69 Å². The summed E-state index contributed by atoms with van der Waals surface area (Å²) in [6.07, 6.45) is 0. The van der Waals surface area contributed by atoms with Crippen molar-refractivity contribution in [2.24, 2.45) is 0 Å². The first-order chi connectivity index (χ1) is 11.5. The number of hydrogen-bond donors (Lipinski definition) is 1. The predicted molar refractivity (Wildman–Crippen MR) is 90.9 cm³/mol. The standard InChI is InChI=1S/C14H16ClN7O2/c1-20-6-8-21(9-7-20)14-18-12(15)17-13(19-14)16-10-2-4-11(5-3-10)22(23)24/h2-5H,6-9H2,1H3,(H,16,17,18,19). The van der Waals surface area contributed by atoms with E-state index in [1.54, 1.807) is 12.1 Å². The van der Waals surface area contributed by atoms with Gasteiger partial charge in [0.15, 0.2) is 0 Å². The lowest BCUT2D eigenvalue weighted by atomic mass is 10.3. The molecule has 1 saturated heterocycles. The van der Waals surface area contributed by atoms with Crippen LogP contribution in [0.5, 0.6) is 0 Å². The van der Waals surface area contributed by atoms with E-state index in [1.807, 2.05) is 0 Å². The Kier molecular flexibility index (Phi) is 4.72. The molecule has 126 valence electrons. The molecule has 2 aromatic rings.